The molecule has 0 atom stereocenters. The highest BCUT2D eigenvalue weighted by Gasteiger charge is 2.11. The van der Waals surface area contributed by atoms with Gasteiger partial charge in [0.05, 0.1) is 4.88 Å². The molecule has 0 bridgehead atoms. The molecule has 0 aliphatic heterocycles. The van der Waals surface area contributed by atoms with Gasteiger partial charge in [0.2, 0.25) is 11.4 Å². The molecule has 3 heterocycles. The Hall–Kier alpha value is -2.21. The highest BCUT2D eigenvalue weighted by molar-refractivity contribution is 7.15. The van der Waals surface area contributed by atoms with Crippen molar-refractivity contribution in [3.8, 4) is 22.2 Å². The zero-order chi connectivity index (χ0) is 12.5. The number of thiophene rings is 1. The first kappa shape index (κ1) is 10.9. The average Bonchev–Trinajstić information content (AvgIpc) is 2.98. The van der Waals surface area contributed by atoms with Crippen molar-refractivity contribution in [1.29, 1.82) is 0 Å². The molecule has 5 nitrogen and oxygen atoms in total. The van der Waals surface area contributed by atoms with Crippen LogP contribution in [0.25, 0.3) is 22.2 Å². The van der Waals surface area contributed by atoms with Gasteiger partial charge in [-0.2, -0.15) is 4.98 Å². The summed E-state index contributed by atoms with van der Waals surface area (Å²) in [6, 6.07) is 7.04. The van der Waals surface area contributed by atoms with E-state index in [0.29, 0.717) is 11.7 Å². The van der Waals surface area contributed by atoms with Crippen LogP contribution in [0.4, 0.5) is 0 Å². The second kappa shape index (κ2) is 4.23. The van der Waals surface area contributed by atoms with Gasteiger partial charge in [-0.3, -0.25) is 4.79 Å². The molecule has 3 aromatic rings. The third-order valence-corrected chi connectivity index (χ3v) is 3.41. The van der Waals surface area contributed by atoms with Gasteiger partial charge in [-0.05, 0) is 25.1 Å². The molecule has 0 aromatic carbocycles. The third kappa shape index (κ3) is 1.98. The van der Waals surface area contributed by atoms with Crippen molar-refractivity contribution in [3.63, 3.8) is 0 Å². The quantitative estimate of drug-likeness (QED) is 0.767. The molecule has 0 saturated heterocycles. The van der Waals surface area contributed by atoms with Gasteiger partial charge in [0.25, 0.3) is 5.89 Å². The lowest BCUT2D eigenvalue weighted by Gasteiger charge is -1.90. The molecule has 0 saturated carbocycles. The second-order valence-electron chi connectivity index (χ2n) is 3.78. The van der Waals surface area contributed by atoms with Crippen molar-refractivity contribution in [2.45, 2.75) is 6.92 Å². The highest BCUT2D eigenvalue weighted by Crippen LogP contribution is 2.27. The summed E-state index contributed by atoms with van der Waals surface area (Å²) in [4.78, 5) is 20.0. The SMILES string of the molecule is Cc1ccc(-c2nc(-c3ccc(=O)[nH]c3)no2)s1. The van der Waals surface area contributed by atoms with Gasteiger partial charge in [0.15, 0.2) is 0 Å². The van der Waals surface area contributed by atoms with Crippen LogP contribution in [0.2, 0.25) is 0 Å². The molecule has 0 aliphatic carbocycles. The van der Waals surface area contributed by atoms with Gasteiger partial charge in [0, 0.05) is 22.7 Å². The van der Waals surface area contributed by atoms with Crippen LogP contribution < -0.4 is 5.56 Å². The third-order valence-electron chi connectivity index (χ3n) is 2.42. The number of hydrogen-bond acceptors (Lipinski definition) is 5. The minimum atomic E-state index is -0.156. The summed E-state index contributed by atoms with van der Waals surface area (Å²) in [5.74, 6) is 0.960. The Kier molecular flexibility index (Phi) is 2.56. The van der Waals surface area contributed by atoms with Crippen LogP contribution in [-0.4, -0.2) is 15.1 Å². The number of pyridine rings is 1. The maximum atomic E-state index is 11.0. The Balaban J connectivity index is 1.98. The summed E-state index contributed by atoms with van der Waals surface area (Å²) in [6.45, 7) is 2.02. The van der Waals surface area contributed by atoms with E-state index in [2.05, 4.69) is 15.1 Å². The van der Waals surface area contributed by atoms with Gasteiger partial charge < -0.3 is 9.51 Å². The standard InChI is InChI=1S/C12H9N3O2S/c1-7-2-4-9(18-7)12-14-11(15-17-12)8-3-5-10(16)13-6-8/h2-6H,1H3,(H,13,16). The van der Waals surface area contributed by atoms with E-state index in [1.807, 2.05) is 19.1 Å². The van der Waals surface area contributed by atoms with E-state index in [0.717, 1.165) is 10.4 Å². The number of rotatable bonds is 2. The Morgan fingerprint density at radius 2 is 2.17 bits per heavy atom. The fourth-order valence-corrected chi connectivity index (χ4v) is 2.33. The Morgan fingerprint density at radius 3 is 2.83 bits per heavy atom. The summed E-state index contributed by atoms with van der Waals surface area (Å²) in [5.41, 5.74) is 0.564. The van der Waals surface area contributed by atoms with Gasteiger partial charge in [-0.1, -0.05) is 5.16 Å². The average molecular weight is 259 g/mol. The lowest BCUT2D eigenvalue weighted by atomic mass is 10.3. The van der Waals surface area contributed by atoms with E-state index in [1.54, 1.807) is 23.6 Å². The van der Waals surface area contributed by atoms with Crippen LogP contribution in [0.1, 0.15) is 4.88 Å². The van der Waals surface area contributed by atoms with E-state index in [-0.39, 0.29) is 5.56 Å². The van der Waals surface area contributed by atoms with Gasteiger partial charge >= 0.3 is 0 Å². The lowest BCUT2D eigenvalue weighted by Crippen LogP contribution is -2.01. The monoisotopic (exact) mass is 259 g/mol. The summed E-state index contributed by atoms with van der Waals surface area (Å²) in [5, 5.41) is 3.90. The summed E-state index contributed by atoms with van der Waals surface area (Å²) >= 11 is 1.60. The fourth-order valence-electron chi connectivity index (χ4n) is 1.54. The summed E-state index contributed by atoms with van der Waals surface area (Å²) in [6.07, 6.45) is 1.57. The van der Waals surface area contributed by atoms with E-state index >= 15 is 0 Å². The first-order chi connectivity index (χ1) is 8.72. The van der Waals surface area contributed by atoms with Gasteiger partial charge in [0.1, 0.15) is 0 Å². The van der Waals surface area contributed by atoms with Crippen molar-refractivity contribution in [1.82, 2.24) is 15.1 Å². The molecule has 0 radical (unpaired) electrons. The molecule has 0 amide bonds. The normalized spacial score (nSPS) is 10.7. The first-order valence-corrected chi connectivity index (χ1v) is 6.14. The molecule has 90 valence electrons. The van der Waals surface area contributed by atoms with Crippen molar-refractivity contribution >= 4 is 11.3 Å². The van der Waals surface area contributed by atoms with Gasteiger partial charge in [-0.25, -0.2) is 0 Å². The predicted octanol–water partition coefficient (Wildman–Crippen LogP) is 2.46. The zero-order valence-corrected chi connectivity index (χ0v) is 10.3. The number of hydrogen-bond donors (Lipinski definition) is 1. The molecule has 1 N–H and O–H groups in total. The molecule has 3 aromatic heterocycles. The van der Waals surface area contributed by atoms with Crippen molar-refractivity contribution < 1.29 is 4.52 Å². The van der Waals surface area contributed by atoms with E-state index in [4.69, 9.17) is 4.52 Å². The maximum Gasteiger partial charge on any atom is 0.268 e. The molecule has 3 rings (SSSR count). The van der Waals surface area contributed by atoms with Crippen molar-refractivity contribution in [3.05, 3.63) is 45.7 Å². The number of nitrogens with one attached hydrogen (secondary N) is 1. The highest BCUT2D eigenvalue weighted by atomic mass is 32.1. The van der Waals surface area contributed by atoms with Crippen LogP contribution >= 0.6 is 11.3 Å². The fraction of sp³-hybridized carbons (Fsp3) is 0.0833. The number of nitrogens with zero attached hydrogens (tertiary/aromatic N) is 2. The minimum absolute atomic E-state index is 0.156. The zero-order valence-electron chi connectivity index (χ0n) is 9.51. The lowest BCUT2D eigenvalue weighted by molar-refractivity contribution is 0.433. The second-order valence-corrected chi connectivity index (χ2v) is 5.06. The predicted molar refractivity (Wildman–Crippen MR) is 68.4 cm³/mol. The first-order valence-electron chi connectivity index (χ1n) is 5.32. The molecule has 0 unspecified atom stereocenters. The number of aryl methyl sites for hydroxylation is 1. The molecular formula is C12H9N3O2S. The molecule has 6 heteroatoms. The topological polar surface area (TPSA) is 71.8 Å². The van der Waals surface area contributed by atoms with Crippen LogP contribution in [0, 0.1) is 6.92 Å². The molecule has 18 heavy (non-hydrogen) atoms. The van der Waals surface area contributed by atoms with Crippen LogP contribution in [0.5, 0.6) is 0 Å². The molecule has 0 spiro atoms. The number of aromatic amines is 1. The number of aromatic nitrogens is 3. The largest absolute Gasteiger partial charge is 0.333 e. The van der Waals surface area contributed by atoms with Gasteiger partial charge in [-0.15, -0.1) is 11.3 Å². The molecule has 0 fully saturated rings. The van der Waals surface area contributed by atoms with Crippen LogP contribution in [0.3, 0.4) is 0 Å². The molecular weight excluding hydrogens is 250 g/mol. The van der Waals surface area contributed by atoms with E-state index in [1.165, 1.54) is 10.9 Å². The summed E-state index contributed by atoms with van der Waals surface area (Å²) in [7, 11) is 0. The van der Waals surface area contributed by atoms with Crippen LogP contribution in [-0.2, 0) is 0 Å². The maximum absolute atomic E-state index is 11.0. The molecule has 0 aliphatic rings. The minimum Gasteiger partial charge on any atom is -0.333 e. The smallest absolute Gasteiger partial charge is 0.268 e. The Bertz CT molecular complexity index is 721. The van der Waals surface area contributed by atoms with E-state index in [9.17, 15) is 4.79 Å². The van der Waals surface area contributed by atoms with Crippen LogP contribution in [0.15, 0.2) is 39.8 Å². The van der Waals surface area contributed by atoms with Crippen molar-refractivity contribution in [2.75, 3.05) is 0 Å². The Morgan fingerprint density at radius 1 is 1.28 bits per heavy atom. The van der Waals surface area contributed by atoms with Crippen molar-refractivity contribution in [2.24, 2.45) is 0 Å². The van der Waals surface area contributed by atoms with E-state index < -0.39 is 0 Å². The summed E-state index contributed by atoms with van der Waals surface area (Å²) < 4.78 is 5.21. The Labute approximate surface area is 106 Å². The number of H-pyrrole nitrogens is 1.